The van der Waals surface area contributed by atoms with Crippen LogP contribution in [0.15, 0.2) is 34.1 Å². The third kappa shape index (κ3) is 2.03. The summed E-state index contributed by atoms with van der Waals surface area (Å²) in [5.74, 6) is -0.365. The zero-order valence-corrected chi connectivity index (χ0v) is 10.8. The Labute approximate surface area is 110 Å². The molecule has 0 atom stereocenters. The van der Waals surface area contributed by atoms with Crippen molar-refractivity contribution in [2.45, 2.75) is 26.7 Å². The number of carbonyl (C=O) groups is 1. The Morgan fingerprint density at radius 1 is 1.16 bits per heavy atom. The number of aliphatic imine (C=N–C) groups is 2. The Hall–Kier alpha value is -2.10. The molecule has 4 heteroatoms. The normalized spacial score (nSPS) is 18.4. The van der Waals surface area contributed by atoms with E-state index in [0.717, 1.165) is 22.5 Å². The van der Waals surface area contributed by atoms with Gasteiger partial charge in [-0.05, 0) is 31.0 Å². The average Bonchev–Trinajstić information content (AvgIpc) is 2.69. The first-order chi connectivity index (χ1) is 9.04. The van der Waals surface area contributed by atoms with Crippen LogP contribution in [0.1, 0.15) is 31.4 Å². The van der Waals surface area contributed by atoms with E-state index in [1.54, 1.807) is 6.92 Å². The van der Waals surface area contributed by atoms with E-state index in [2.05, 4.69) is 9.98 Å². The summed E-state index contributed by atoms with van der Waals surface area (Å²) in [5.41, 5.74) is 4.35. The minimum atomic E-state index is -0.412. The number of rotatable bonds is 1. The van der Waals surface area contributed by atoms with Crippen LogP contribution < -0.4 is 0 Å². The van der Waals surface area contributed by atoms with Gasteiger partial charge in [0, 0.05) is 24.1 Å². The molecule has 0 amide bonds. The van der Waals surface area contributed by atoms with E-state index in [-0.39, 0.29) is 5.78 Å². The van der Waals surface area contributed by atoms with Gasteiger partial charge in [-0.15, -0.1) is 0 Å². The molecule has 19 heavy (non-hydrogen) atoms. The van der Waals surface area contributed by atoms with Gasteiger partial charge >= 0.3 is 0 Å². The second-order valence-corrected chi connectivity index (χ2v) is 4.93. The first-order valence-electron chi connectivity index (χ1n) is 6.19. The quantitative estimate of drug-likeness (QED) is 0.710. The van der Waals surface area contributed by atoms with Crippen LogP contribution in [0.3, 0.4) is 0 Å². The van der Waals surface area contributed by atoms with Gasteiger partial charge in [0.25, 0.3) is 0 Å². The molecule has 0 spiro atoms. The van der Waals surface area contributed by atoms with Crippen molar-refractivity contribution in [1.82, 2.24) is 0 Å². The molecule has 3 rings (SSSR count). The van der Waals surface area contributed by atoms with Crippen LogP contribution in [0, 0.1) is 0 Å². The first-order valence-corrected chi connectivity index (χ1v) is 6.19. The highest BCUT2D eigenvalue weighted by Crippen LogP contribution is 2.34. The molecule has 0 radical (unpaired) electrons. The van der Waals surface area contributed by atoms with Crippen LogP contribution in [-0.4, -0.2) is 17.2 Å². The van der Waals surface area contributed by atoms with Crippen LogP contribution in [0.4, 0.5) is 10.1 Å². The van der Waals surface area contributed by atoms with Gasteiger partial charge in [-0.1, -0.05) is 12.1 Å². The summed E-state index contributed by atoms with van der Waals surface area (Å²) in [6.45, 7) is 3.52. The molecule has 0 bridgehead atoms. The Morgan fingerprint density at radius 2 is 1.95 bits per heavy atom. The van der Waals surface area contributed by atoms with E-state index in [4.69, 9.17) is 0 Å². The lowest BCUT2D eigenvalue weighted by Crippen LogP contribution is -2.16. The van der Waals surface area contributed by atoms with Gasteiger partial charge in [-0.3, -0.25) is 4.79 Å². The molecular weight excluding hydrogens is 243 g/mol. The van der Waals surface area contributed by atoms with Gasteiger partial charge < -0.3 is 0 Å². The van der Waals surface area contributed by atoms with E-state index < -0.39 is 5.95 Å². The van der Waals surface area contributed by atoms with E-state index in [1.165, 1.54) is 0 Å². The van der Waals surface area contributed by atoms with Gasteiger partial charge in [0.1, 0.15) is 0 Å². The third-order valence-electron chi connectivity index (χ3n) is 3.45. The number of nitrogens with zero attached hydrogens (tertiary/aromatic N) is 2. The zero-order chi connectivity index (χ0) is 13.6. The molecule has 2 aliphatic heterocycles. The van der Waals surface area contributed by atoms with Gasteiger partial charge in [-0.25, -0.2) is 9.98 Å². The van der Waals surface area contributed by atoms with E-state index >= 15 is 0 Å². The third-order valence-corrected chi connectivity index (χ3v) is 3.45. The highest BCUT2D eigenvalue weighted by Gasteiger charge is 2.21. The number of hydrogen-bond donors (Lipinski definition) is 0. The summed E-state index contributed by atoms with van der Waals surface area (Å²) in [5, 5.41) is 0. The summed E-state index contributed by atoms with van der Waals surface area (Å²) in [6.07, 6.45) is 0.911. The van der Waals surface area contributed by atoms with Crippen LogP contribution in [-0.2, 0) is 11.2 Å². The Morgan fingerprint density at radius 3 is 2.63 bits per heavy atom. The molecule has 1 aromatic carbocycles. The Kier molecular flexibility index (Phi) is 2.66. The summed E-state index contributed by atoms with van der Waals surface area (Å²) in [4.78, 5) is 19.7. The maximum Gasteiger partial charge on any atom is 0.216 e. The van der Waals surface area contributed by atoms with Crippen molar-refractivity contribution in [2.75, 3.05) is 0 Å². The lowest BCUT2D eigenvalue weighted by Gasteiger charge is -2.13. The molecule has 1 aromatic rings. The van der Waals surface area contributed by atoms with Crippen molar-refractivity contribution in [3.05, 3.63) is 35.3 Å². The van der Waals surface area contributed by atoms with Crippen LogP contribution in [0.2, 0.25) is 0 Å². The number of ketones is 1. The maximum atomic E-state index is 13.7. The predicted octanol–water partition coefficient (Wildman–Crippen LogP) is 3.41. The molecule has 0 saturated carbocycles. The lowest BCUT2D eigenvalue weighted by atomic mass is 9.96. The summed E-state index contributed by atoms with van der Waals surface area (Å²) in [7, 11) is 0. The van der Waals surface area contributed by atoms with Gasteiger partial charge in [0.2, 0.25) is 5.95 Å². The molecule has 3 nitrogen and oxygen atoms in total. The van der Waals surface area contributed by atoms with Crippen molar-refractivity contribution >= 4 is 28.5 Å². The standard InChI is InChI=1S/C15H13FN2O/c1-8-5-12(15(16)17-8)10-3-4-11-7-14(19)9(2)18-13(11)6-10/h3-4,6H,5,7H2,1-2H3. The fraction of sp³-hybridized carbons (Fsp3) is 0.267. The zero-order valence-electron chi connectivity index (χ0n) is 10.8. The monoisotopic (exact) mass is 256 g/mol. The van der Waals surface area contributed by atoms with Gasteiger partial charge in [-0.2, -0.15) is 4.39 Å². The first kappa shape index (κ1) is 12.0. The number of halogens is 1. The van der Waals surface area contributed by atoms with E-state index in [0.29, 0.717) is 24.1 Å². The molecule has 96 valence electrons. The number of carbonyl (C=O) groups excluding carboxylic acids is 1. The van der Waals surface area contributed by atoms with E-state index in [9.17, 15) is 9.18 Å². The van der Waals surface area contributed by atoms with Gasteiger partial charge in [0.05, 0.1) is 11.4 Å². The van der Waals surface area contributed by atoms with Crippen LogP contribution in [0.5, 0.6) is 0 Å². The lowest BCUT2D eigenvalue weighted by molar-refractivity contribution is -0.112. The highest BCUT2D eigenvalue weighted by atomic mass is 19.1. The molecule has 0 unspecified atom stereocenters. The summed E-state index contributed by atoms with van der Waals surface area (Å²) in [6, 6.07) is 5.53. The fourth-order valence-electron chi connectivity index (χ4n) is 2.37. The highest BCUT2D eigenvalue weighted by molar-refractivity contribution is 6.40. The molecular formula is C15H13FN2O. The van der Waals surface area contributed by atoms with Crippen molar-refractivity contribution in [2.24, 2.45) is 9.98 Å². The van der Waals surface area contributed by atoms with Crippen LogP contribution in [0.25, 0.3) is 5.57 Å². The molecule has 0 saturated heterocycles. The summed E-state index contributed by atoms with van der Waals surface area (Å²) >= 11 is 0. The number of allylic oxidation sites excluding steroid dienone is 1. The second kappa shape index (κ2) is 4.23. The van der Waals surface area contributed by atoms with E-state index in [1.807, 2.05) is 25.1 Å². The fourth-order valence-corrected chi connectivity index (χ4v) is 2.37. The molecule has 0 fully saturated rings. The number of Topliss-reactive ketones (excluding diaryl/α,β-unsaturated/α-hetero) is 1. The number of fused-ring (bicyclic) bond motifs is 1. The minimum absolute atomic E-state index is 0.0469. The summed E-state index contributed by atoms with van der Waals surface area (Å²) < 4.78 is 13.7. The molecule has 0 N–H and O–H groups in total. The second-order valence-electron chi connectivity index (χ2n) is 4.93. The SMILES string of the molecule is CC1=NC(F)=C(c2ccc3c(c2)N=C(C)C(=O)C3)C1. The largest absolute Gasteiger partial charge is 0.292 e. The molecule has 0 aromatic heterocycles. The molecule has 2 aliphatic rings. The van der Waals surface area contributed by atoms with Crippen molar-refractivity contribution in [3.8, 4) is 0 Å². The van der Waals surface area contributed by atoms with Crippen molar-refractivity contribution in [1.29, 1.82) is 0 Å². The number of hydrogen-bond acceptors (Lipinski definition) is 3. The van der Waals surface area contributed by atoms with Crippen LogP contribution >= 0.6 is 0 Å². The molecule has 0 aliphatic carbocycles. The number of benzene rings is 1. The Balaban J connectivity index is 2.04. The van der Waals surface area contributed by atoms with Gasteiger partial charge in [0.15, 0.2) is 5.78 Å². The minimum Gasteiger partial charge on any atom is -0.292 e. The topological polar surface area (TPSA) is 41.8 Å². The smallest absolute Gasteiger partial charge is 0.216 e. The molecule has 2 heterocycles. The maximum absolute atomic E-state index is 13.7. The predicted molar refractivity (Wildman–Crippen MR) is 73.7 cm³/mol. The average molecular weight is 256 g/mol. The van der Waals surface area contributed by atoms with Crippen molar-refractivity contribution in [3.63, 3.8) is 0 Å². The Bertz CT molecular complexity index is 683. The van der Waals surface area contributed by atoms with Crippen molar-refractivity contribution < 1.29 is 9.18 Å².